The number of hydrogen-bond acceptors (Lipinski definition) is 5. The van der Waals surface area contributed by atoms with Crippen LogP contribution in [0.3, 0.4) is 0 Å². The average molecular weight is 391 g/mol. The van der Waals surface area contributed by atoms with Gasteiger partial charge in [0, 0.05) is 24.2 Å². The molecule has 1 amide bonds. The van der Waals surface area contributed by atoms with E-state index in [2.05, 4.69) is 5.32 Å². The normalized spacial score (nSPS) is 12.6. The van der Waals surface area contributed by atoms with E-state index in [1.54, 1.807) is 30.3 Å². The van der Waals surface area contributed by atoms with Crippen molar-refractivity contribution < 1.29 is 23.7 Å². The van der Waals surface area contributed by atoms with Crippen LogP contribution < -0.4 is 24.3 Å². The van der Waals surface area contributed by atoms with Crippen LogP contribution in [0.5, 0.6) is 28.7 Å². The largest absolute Gasteiger partial charge is 0.490 e. The van der Waals surface area contributed by atoms with Gasteiger partial charge in [0.25, 0.3) is 5.91 Å². The van der Waals surface area contributed by atoms with Crippen molar-refractivity contribution in [2.75, 3.05) is 25.1 Å². The lowest BCUT2D eigenvalue weighted by molar-refractivity contribution is -0.118. The number of anilines is 1. The Labute approximate surface area is 169 Å². The molecule has 0 aromatic heterocycles. The molecule has 3 aromatic carbocycles. The second-order valence-corrected chi connectivity index (χ2v) is 6.44. The maximum absolute atomic E-state index is 12.3. The molecule has 6 nitrogen and oxygen atoms in total. The van der Waals surface area contributed by atoms with Gasteiger partial charge in [-0.2, -0.15) is 0 Å². The minimum Gasteiger partial charge on any atom is -0.490 e. The average Bonchev–Trinajstić information content (AvgIpc) is 2.98. The maximum Gasteiger partial charge on any atom is 0.262 e. The van der Waals surface area contributed by atoms with Crippen molar-refractivity contribution in [3.05, 3.63) is 72.8 Å². The standard InChI is InChI=1S/C23H21NO5/c25-23(24-17-10-11-21-22(14-17)27-13-5-12-26-21)16-28-19-8-4-9-20(15-19)29-18-6-2-1-3-7-18/h1-4,6-11,14-15H,5,12-13,16H2,(H,24,25). The van der Waals surface area contributed by atoms with Crippen molar-refractivity contribution in [1.29, 1.82) is 0 Å². The Morgan fingerprint density at radius 2 is 1.59 bits per heavy atom. The monoisotopic (exact) mass is 391 g/mol. The van der Waals surface area contributed by atoms with E-state index in [1.807, 2.05) is 42.5 Å². The highest BCUT2D eigenvalue weighted by Crippen LogP contribution is 2.32. The van der Waals surface area contributed by atoms with Crippen molar-refractivity contribution in [1.82, 2.24) is 0 Å². The van der Waals surface area contributed by atoms with Crippen molar-refractivity contribution in [2.24, 2.45) is 0 Å². The summed E-state index contributed by atoms with van der Waals surface area (Å²) in [5.41, 5.74) is 0.629. The van der Waals surface area contributed by atoms with Gasteiger partial charge in [-0.1, -0.05) is 24.3 Å². The molecule has 148 valence electrons. The van der Waals surface area contributed by atoms with E-state index in [9.17, 15) is 4.79 Å². The van der Waals surface area contributed by atoms with E-state index in [0.29, 0.717) is 41.9 Å². The summed E-state index contributed by atoms with van der Waals surface area (Å²) >= 11 is 0. The number of amides is 1. The van der Waals surface area contributed by atoms with Gasteiger partial charge in [0.1, 0.15) is 17.2 Å². The van der Waals surface area contributed by atoms with Gasteiger partial charge in [-0.3, -0.25) is 4.79 Å². The second-order valence-electron chi connectivity index (χ2n) is 6.44. The van der Waals surface area contributed by atoms with Gasteiger partial charge in [0.15, 0.2) is 18.1 Å². The van der Waals surface area contributed by atoms with Crippen LogP contribution in [-0.4, -0.2) is 25.7 Å². The summed E-state index contributed by atoms with van der Waals surface area (Å²) in [5, 5.41) is 2.81. The molecule has 0 atom stereocenters. The van der Waals surface area contributed by atoms with Crippen LogP contribution in [0.25, 0.3) is 0 Å². The molecule has 0 unspecified atom stereocenters. The van der Waals surface area contributed by atoms with Gasteiger partial charge in [0.05, 0.1) is 13.2 Å². The molecule has 0 spiro atoms. The molecule has 29 heavy (non-hydrogen) atoms. The Kier molecular flexibility index (Phi) is 5.81. The molecule has 0 fully saturated rings. The first-order valence-corrected chi connectivity index (χ1v) is 9.41. The highest BCUT2D eigenvalue weighted by molar-refractivity contribution is 5.92. The third kappa shape index (κ3) is 5.19. The van der Waals surface area contributed by atoms with Gasteiger partial charge < -0.3 is 24.3 Å². The van der Waals surface area contributed by atoms with Gasteiger partial charge in [0.2, 0.25) is 0 Å². The predicted molar refractivity (Wildman–Crippen MR) is 109 cm³/mol. The van der Waals surface area contributed by atoms with Crippen LogP contribution in [0, 0.1) is 0 Å². The summed E-state index contributed by atoms with van der Waals surface area (Å²) in [6, 6.07) is 22.0. The number of benzene rings is 3. The maximum atomic E-state index is 12.3. The first-order valence-electron chi connectivity index (χ1n) is 9.41. The number of carbonyl (C=O) groups excluding carboxylic acids is 1. The molecular formula is C23H21NO5. The Morgan fingerprint density at radius 1 is 0.828 bits per heavy atom. The first-order chi connectivity index (χ1) is 14.3. The van der Waals surface area contributed by atoms with E-state index in [0.717, 1.165) is 12.2 Å². The number of rotatable bonds is 6. The summed E-state index contributed by atoms with van der Waals surface area (Å²) in [6.07, 6.45) is 0.831. The molecule has 0 aliphatic carbocycles. The third-order valence-electron chi connectivity index (χ3n) is 4.19. The lowest BCUT2D eigenvalue weighted by atomic mass is 10.2. The molecule has 1 aliphatic rings. The molecule has 1 N–H and O–H groups in total. The number of para-hydroxylation sites is 1. The zero-order valence-electron chi connectivity index (χ0n) is 15.8. The molecule has 0 saturated heterocycles. The molecule has 1 heterocycles. The van der Waals surface area contributed by atoms with Gasteiger partial charge >= 0.3 is 0 Å². The van der Waals surface area contributed by atoms with Crippen molar-refractivity contribution in [2.45, 2.75) is 6.42 Å². The van der Waals surface area contributed by atoms with Crippen molar-refractivity contribution in [3.8, 4) is 28.7 Å². The van der Waals surface area contributed by atoms with Crippen LogP contribution in [-0.2, 0) is 4.79 Å². The summed E-state index contributed by atoms with van der Waals surface area (Å²) in [6.45, 7) is 1.09. The van der Waals surface area contributed by atoms with Crippen LogP contribution in [0.15, 0.2) is 72.8 Å². The quantitative estimate of drug-likeness (QED) is 0.662. The second kappa shape index (κ2) is 9.01. The summed E-state index contributed by atoms with van der Waals surface area (Å²) in [4.78, 5) is 12.3. The number of nitrogens with one attached hydrogen (secondary N) is 1. The van der Waals surface area contributed by atoms with Gasteiger partial charge in [-0.05, 0) is 36.4 Å². The lowest BCUT2D eigenvalue weighted by Gasteiger charge is -2.11. The molecule has 1 aliphatic heterocycles. The molecule has 3 aromatic rings. The number of fused-ring (bicyclic) bond motifs is 1. The Bertz CT molecular complexity index is 974. The van der Waals surface area contributed by atoms with Crippen LogP contribution in [0.4, 0.5) is 5.69 Å². The molecule has 6 heteroatoms. The molecule has 4 rings (SSSR count). The van der Waals surface area contributed by atoms with Crippen LogP contribution in [0.1, 0.15) is 6.42 Å². The molecule has 0 saturated carbocycles. The van der Waals surface area contributed by atoms with E-state index in [-0.39, 0.29) is 12.5 Å². The van der Waals surface area contributed by atoms with E-state index in [4.69, 9.17) is 18.9 Å². The minimum atomic E-state index is -0.270. The van der Waals surface area contributed by atoms with E-state index < -0.39 is 0 Å². The minimum absolute atomic E-state index is 0.122. The van der Waals surface area contributed by atoms with Crippen molar-refractivity contribution >= 4 is 11.6 Å². The van der Waals surface area contributed by atoms with E-state index in [1.165, 1.54) is 0 Å². The summed E-state index contributed by atoms with van der Waals surface area (Å²) < 4.78 is 22.6. The number of ether oxygens (including phenoxy) is 4. The molecule has 0 radical (unpaired) electrons. The van der Waals surface area contributed by atoms with Gasteiger partial charge in [-0.15, -0.1) is 0 Å². The fourth-order valence-corrected chi connectivity index (χ4v) is 2.84. The zero-order chi connectivity index (χ0) is 19.9. The first kappa shape index (κ1) is 18.7. The lowest BCUT2D eigenvalue weighted by Crippen LogP contribution is -2.20. The number of hydrogen-bond donors (Lipinski definition) is 1. The Morgan fingerprint density at radius 3 is 2.45 bits per heavy atom. The fourth-order valence-electron chi connectivity index (χ4n) is 2.84. The summed E-state index contributed by atoms with van der Waals surface area (Å²) in [5.74, 6) is 2.97. The van der Waals surface area contributed by atoms with Crippen molar-refractivity contribution in [3.63, 3.8) is 0 Å². The highest BCUT2D eigenvalue weighted by atomic mass is 16.5. The summed E-state index contributed by atoms with van der Waals surface area (Å²) in [7, 11) is 0. The number of carbonyl (C=O) groups is 1. The van der Waals surface area contributed by atoms with Crippen LogP contribution in [0.2, 0.25) is 0 Å². The zero-order valence-corrected chi connectivity index (χ0v) is 15.8. The fraction of sp³-hybridized carbons (Fsp3) is 0.174. The van der Waals surface area contributed by atoms with Crippen LogP contribution >= 0.6 is 0 Å². The highest BCUT2D eigenvalue weighted by Gasteiger charge is 2.12. The third-order valence-corrected chi connectivity index (χ3v) is 4.19. The Hall–Kier alpha value is -3.67. The predicted octanol–water partition coefficient (Wildman–Crippen LogP) is 4.66. The molecular weight excluding hydrogens is 370 g/mol. The topological polar surface area (TPSA) is 66.0 Å². The van der Waals surface area contributed by atoms with E-state index >= 15 is 0 Å². The molecule has 0 bridgehead atoms. The Balaban J connectivity index is 1.33. The smallest absolute Gasteiger partial charge is 0.262 e. The SMILES string of the molecule is O=C(COc1cccc(Oc2ccccc2)c1)Nc1ccc2c(c1)OCCCO2. The van der Waals surface area contributed by atoms with Gasteiger partial charge in [-0.25, -0.2) is 0 Å².